The smallest absolute Gasteiger partial charge is 0.509 e. The predicted octanol–water partition coefficient (Wildman–Crippen LogP) is 4.07. The van der Waals surface area contributed by atoms with E-state index < -0.39 is 18.9 Å². The van der Waals surface area contributed by atoms with Gasteiger partial charge in [0.05, 0.1) is 11.3 Å². The first-order valence-electron chi connectivity index (χ1n) is 8.52. The molecule has 0 amide bonds. The molecule has 0 N–H and O–H groups in total. The third-order valence-corrected chi connectivity index (χ3v) is 3.92. The molecule has 0 unspecified atom stereocenters. The van der Waals surface area contributed by atoms with Gasteiger partial charge in [-0.05, 0) is 51.1 Å². The summed E-state index contributed by atoms with van der Waals surface area (Å²) in [5.41, 5.74) is 1.00. The Morgan fingerprint density at radius 1 is 1.26 bits per heavy atom. The summed E-state index contributed by atoms with van der Waals surface area (Å²) < 4.78 is 33.6. The molecular weight excluding hydrogens is 355 g/mol. The monoisotopic (exact) mass is 375 g/mol. The summed E-state index contributed by atoms with van der Waals surface area (Å²) in [4.78, 5) is 26.0. The molecule has 8 heteroatoms. The highest BCUT2D eigenvalue weighted by Gasteiger charge is 2.17. The van der Waals surface area contributed by atoms with Gasteiger partial charge in [-0.1, -0.05) is 0 Å². The van der Waals surface area contributed by atoms with Crippen molar-refractivity contribution in [1.29, 1.82) is 0 Å². The van der Waals surface area contributed by atoms with Crippen LogP contribution in [-0.2, 0) is 9.45 Å². The number of carbonyl (C=O) groups excluding carboxylic acids is 1. The second-order valence-electron chi connectivity index (χ2n) is 5.75. The molecule has 0 spiro atoms. The normalized spacial score (nSPS) is 11.8. The molecule has 0 aliphatic rings. The molecule has 5 nitrogen and oxygen atoms in total. The number of ketones is 1. The molecule has 0 atom stereocenters. The number of hydrogen-bond donors (Lipinski definition) is 0. The molecule has 0 aliphatic heterocycles. The Bertz CT molecular complexity index is 933. The van der Waals surface area contributed by atoms with Crippen LogP contribution in [-0.4, -0.2) is 26.3 Å². The van der Waals surface area contributed by atoms with Crippen LogP contribution in [0.2, 0.25) is 0 Å². The van der Waals surface area contributed by atoms with Crippen LogP contribution in [0.1, 0.15) is 26.3 Å². The first-order chi connectivity index (χ1) is 12.8. The second-order valence-corrected chi connectivity index (χ2v) is 5.75. The Labute approximate surface area is 156 Å². The minimum atomic E-state index is -2.99. The van der Waals surface area contributed by atoms with Gasteiger partial charge in [0, 0.05) is 36.3 Å². The Hall–Kier alpha value is -2.90. The number of fused-ring (bicyclic) bond motifs is 1. The van der Waals surface area contributed by atoms with Gasteiger partial charge in [-0.25, -0.2) is 13.4 Å². The van der Waals surface area contributed by atoms with Crippen molar-refractivity contribution in [2.75, 3.05) is 18.0 Å². The summed E-state index contributed by atoms with van der Waals surface area (Å²) in [6, 6.07) is 7.19. The number of halogens is 2. The lowest BCUT2D eigenvalue weighted by Crippen LogP contribution is -2.21. The van der Waals surface area contributed by atoms with Crippen molar-refractivity contribution >= 4 is 36.0 Å². The van der Waals surface area contributed by atoms with Crippen molar-refractivity contribution < 1.29 is 22.5 Å². The van der Waals surface area contributed by atoms with Crippen LogP contribution in [0.4, 0.5) is 14.3 Å². The van der Waals surface area contributed by atoms with Gasteiger partial charge in [-0.2, -0.15) is 0 Å². The van der Waals surface area contributed by atoms with Crippen LogP contribution in [0.5, 0.6) is 0 Å². The van der Waals surface area contributed by atoms with E-state index in [1.807, 2.05) is 26.0 Å². The summed E-state index contributed by atoms with van der Waals surface area (Å²) in [6.45, 7) is 6.99. The minimum absolute atomic E-state index is 0.187. The second kappa shape index (κ2) is 9.16. The summed E-state index contributed by atoms with van der Waals surface area (Å²) in [5.74, 6) is -0.793. The number of anilines is 1. The van der Waals surface area contributed by atoms with Gasteiger partial charge in [-0.15, -0.1) is 0 Å². The lowest BCUT2D eigenvalue weighted by atomic mass is 10.1. The summed E-state index contributed by atoms with van der Waals surface area (Å²) in [7, 11) is -2.99. The van der Waals surface area contributed by atoms with Gasteiger partial charge < -0.3 is 14.0 Å². The van der Waals surface area contributed by atoms with Crippen LogP contribution >= 0.6 is 0 Å². The Morgan fingerprint density at radius 3 is 2.59 bits per heavy atom. The number of rotatable bonds is 8. The minimum Gasteiger partial charge on any atom is -0.509 e. The number of benzene rings is 1. The van der Waals surface area contributed by atoms with Crippen molar-refractivity contribution in [1.82, 2.24) is 0 Å². The van der Waals surface area contributed by atoms with Crippen LogP contribution in [0.25, 0.3) is 17.0 Å². The van der Waals surface area contributed by atoms with Crippen molar-refractivity contribution in [3.05, 3.63) is 58.2 Å². The van der Waals surface area contributed by atoms with Crippen molar-refractivity contribution in [3.63, 3.8) is 0 Å². The Morgan fingerprint density at radius 2 is 1.96 bits per heavy atom. The summed E-state index contributed by atoms with van der Waals surface area (Å²) >= 11 is 0. The van der Waals surface area contributed by atoms with Gasteiger partial charge in [0.15, 0.2) is 5.78 Å². The van der Waals surface area contributed by atoms with E-state index in [1.54, 1.807) is 12.1 Å². The number of allylic oxidation sites excluding steroid dienone is 3. The zero-order chi connectivity index (χ0) is 20.0. The molecule has 2 rings (SSSR count). The fraction of sp³-hybridized carbons (Fsp3) is 0.263. The van der Waals surface area contributed by atoms with E-state index in [-0.39, 0.29) is 11.3 Å². The topological polar surface area (TPSA) is 59.8 Å². The van der Waals surface area contributed by atoms with Crippen LogP contribution in [0.3, 0.4) is 0 Å². The molecule has 0 fully saturated rings. The molecule has 0 bridgehead atoms. The fourth-order valence-corrected chi connectivity index (χ4v) is 2.61. The molecule has 1 heterocycles. The van der Waals surface area contributed by atoms with E-state index in [2.05, 4.69) is 9.55 Å². The molecule has 27 heavy (non-hydrogen) atoms. The molecule has 2 aromatic rings. The third kappa shape index (κ3) is 5.54. The SMILES string of the molecule is CCN(CC)c1ccc2cc(/C=C/C(=O)/C=C(/C)OB(F)F)c(=O)oc2c1. The molecule has 0 saturated heterocycles. The molecule has 142 valence electrons. The van der Waals surface area contributed by atoms with E-state index in [9.17, 15) is 18.2 Å². The van der Waals surface area contributed by atoms with Gasteiger partial charge >= 0.3 is 13.1 Å². The summed E-state index contributed by atoms with van der Waals surface area (Å²) in [6.07, 6.45) is 3.31. The van der Waals surface area contributed by atoms with Crippen molar-refractivity contribution in [2.45, 2.75) is 20.8 Å². The number of carbonyl (C=O) groups is 1. The third-order valence-electron chi connectivity index (χ3n) is 3.92. The number of hydrogen-bond acceptors (Lipinski definition) is 5. The van der Waals surface area contributed by atoms with Crippen molar-refractivity contribution in [3.8, 4) is 0 Å². The van der Waals surface area contributed by atoms with Crippen LogP contribution in [0.15, 0.2) is 51.4 Å². The zero-order valence-electron chi connectivity index (χ0n) is 15.4. The molecule has 0 aliphatic carbocycles. The first-order valence-corrected chi connectivity index (χ1v) is 8.52. The van der Waals surface area contributed by atoms with Gasteiger partial charge in [0.2, 0.25) is 0 Å². The quantitative estimate of drug-likeness (QED) is 0.301. The average Bonchev–Trinajstić information content (AvgIpc) is 2.60. The first kappa shape index (κ1) is 20.4. The van der Waals surface area contributed by atoms with Crippen LogP contribution < -0.4 is 10.5 Å². The average molecular weight is 375 g/mol. The highest BCUT2D eigenvalue weighted by atomic mass is 19.2. The molecule has 0 radical (unpaired) electrons. The molecule has 0 saturated carbocycles. The maximum atomic E-state index is 12.2. The Balaban J connectivity index is 2.27. The van der Waals surface area contributed by atoms with Crippen LogP contribution in [0, 0.1) is 0 Å². The lowest BCUT2D eigenvalue weighted by molar-refractivity contribution is -0.110. The predicted molar refractivity (Wildman–Crippen MR) is 103 cm³/mol. The Kier molecular flexibility index (Phi) is 6.93. The van der Waals surface area contributed by atoms with E-state index in [1.165, 1.54) is 13.0 Å². The van der Waals surface area contributed by atoms with E-state index in [0.717, 1.165) is 30.9 Å². The van der Waals surface area contributed by atoms with E-state index in [4.69, 9.17) is 4.42 Å². The zero-order valence-corrected chi connectivity index (χ0v) is 15.4. The van der Waals surface area contributed by atoms with E-state index >= 15 is 0 Å². The van der Waals surface area contributed by atoms with Gasteiger partial charge in [-0.3, -0.25) is 4.79 Å². The summed E-state index contributed by atoms with van der Waals surface area (Å²) in [5, 5.41) is 0.713. The highest BCUT2D eigenvalue weighted by Crippen LogP contribution is 2.22. The van der Waals surface area contributed by atoms with Gasteiger partial charge in [0.1, 0.15) is 5.58 Å². The largest absolute Gasteiger partial charge is 0.796 e. The molecular formula is C19H20BF2NO4. The lowest BCUT2D eigenvalue weighted by Gasteiger charge is -2.20. The maximum Gasteiger partial charge on any atom is 0.796 e. The maximum absolute atomic E-state index is 12.2. The van der Waals surface area contributed by atoms with Crippen molar-refractivity contribution in [2.24, 2.45) is 0 Å². The molecule has 1 aromatic heterocycles. The number of nitrogens with zero attached hydrogens (tertiary/aromatic N) is 1. The standard InChI is InChI=1S/C19H20BF2NO4/c1-4-23(5-2)16-8-6-14-11-15(19(25)26-18(14)12-16)7-9-17(24)10-13(3)27-20(21)22/h6-12H,4-5H2,1-3H3/b9-7+,13-10-. The van der Waals surface area contributed by atoms with Gasteiger partial charge in [0.25, 0.3) is 0 Å². The fourth-order valence-electron chi connectivity index (χ4n) is 2.61. The highest BCUT2D eigenvalue weighted by molar-refractivity contribution is 6.34. The molecule has 1 aromatic carbocycles. The van der Waals surface area contributed by atoms with E-state index in [0.29, 0.717) is 11.0 Å².